The van der Waals surface area contributed by atoms with Gasteiger partial charge >= 0.3 is 5.97 Å². The van der Waals surface area contributed by atoms with E-state index < -0.39 is 0 Å². The van der Waals surface area contributed by atoms with Crippen LogP contribution >= 0.6 is 0 Å². The number of nitrogens with one attached hydrogen (secondary N) is 1. The van der Waals surface area contributed by atoms with Crippen LogP contribution in [0.1, 0.15) is 44.4 Å². The molecule has 1 aliphatic heterocycles. The Kier molecular flexibility index (Phi) is 7.48. The summed E-state index contributed by atoms with van der Waals surface area (Å²) in [7, 11) is 0. The Hall–Kier alpha value is -2.41. The number of hydrogen-bond acceptors (Lipinski definition) is 4. The lowest BCUT2D eigenvalue weighted by atomic mass is 10.1. The number of aromatic amines is 1. The van der Waals surface area contributed by atoms with Gasteiger partial charge in [0, 0.05) is 35.7 Å². The molecule has 6 nitrogen and oxygen atoms in total. The molecule has 1 atom stereocenters. The number of ether oxygens (including phenoxy) is 1. The minimum absolute atomic E-state index is 0.0458. The van der Waals surface area contributed by atoms with Crippen LogP contribution in [0.15, 0.2) is 18.2 Å². The number of fused-ring (bicyclic) bond motifs is 1. The van der Waals surface area contributed by atoms with Crippen LogP contribution in [0.2, 0.25) is 0 Å². The molecule has 1 N–H and O–H groups in total. The zero-order valence-corrected chi connectivity index (χ0v) is 18.2. The number of rotatable bonds is 9. The van der Waals surface area contributed by atoms with Crippen LogP contribution in [0.4, 0.5) is 4.39 Å². The fraction of sp³-hybridized carbons (Fsp3) is 0.565. The van der Waals surface area contributed by atoms with Gasteiger partial charge in [0.25, 0.3) is 0 Å². The first-order chi connectivity index (χ1) is 14.4. The Morgan fingerprint density at radius 1 is 1.33 bits per heavy atom. The minimum atomic E-state index is -0.320. The molecule has 0 aliphatic carbocycles. The molecule has 1 aromatic heterocycles. The van der Waals surface area contributed by atoms with Crippen molar-refractivity contribution >= 4 is 22.8 Å². The van der Waals surface area contributed by atoms with Crippen molar-refractivity contribution < 1.29 is 18.7 Å². The molecule has 0 spiro atoms. The number of esters is 1. The van der Waals surface area contributed by atoms with Gasteiger partial charge in [-0.25, -0.2) is 4.39 Å². The van der Waals surface area contributed by atoms with Gasteiger partial charge in [0.1, 0.15) is 5.82 Å². The predicted molar refractivity (Wildman–Crippen MR) is 115 cm³/mol. The van der Waals surface area contributed by atoms with Gasteiger partial charge in [-0.15, -0.1) is 0 Å². The van der Waals surface area contributed by atoms with E-state index in [1.165, 1.54) is 12.1 Å². The molecule has 1 fully saturated rings. The van der Waals surface area contributed by atoms with E-state index in [1.54, 1.807) is 17.9 Å². The van der Waals surface area contributed by atoms with Crippen molar-refractivity contribution in [1.29, 1.82) is 0 Å². The van der Waals surface area contributed by atoms with E-state index >= 15 is 0 Å². The fourth-order valence-electron chi connectivity index (χ4n) is 4.40. The number of amides is 1. The summed E-state index contributed by atoms with van der Waals surface area (Å²) in [6.45, 7) is 9.07. The fourth-order valence-corrected chi connectivity index (χ4v) is 4.40. The molecular formula is C23H32FN3O3. The lowest BCUT2D eigenvalue weighted by Gasteiger charge is -2.30. The summed E-state index contributed by atoms with van der Waals surface area (Å²) < 4.78 is 18.8. The standard InChI is InChI=1S/C23H32FN3O3/c1-4-26-11-6-7-18(26)15-27(12-10-23(29)30-5-2)22(28)14-19-16(3)25-21-9-8-17(24)13-20(19)21/h8-9,13,18,25H,4-7,10-12,14-15H2,1-3H3. The molecule has 1 aromatic carbocycles. The number of halogens is 1. The average Bonchev–Trinajstić information content (AvgIpc) is 3.29. The summed E-state index contributed by atoms with van der Waals surface area (Å²) in [4.78, 5) is 32.6. The van der Waals surface area contributed by atoms with E-state index in [4.69, 9.17) is 4.74 Å². The van der Waals surface area contributed by atoms with Crippen molar-refractivity contribution in [2.75, 3.05) is 32.8 Å². The molecule has 2 heterocycles. The third kappa shape index (κ3) is 5.19. The second kappa shape index (κ2) is 10.1. The highest BCUT2D eigenvalue weighted by molar-refractivity contribution is 5.90. The maximum Gasteiger partial charge on any atom is 0.307 e. The normalized spacial score (nSPS) is 16.9. The first-order valence-corrected chi connectivity index (χ1v) is 10.9. The van der Waals surface area contributed by atoms with Gasteiger partial charge < -0.3 is 14.6 Å². The van der Waals surface area contributed by atoms with E-state index in [9.17, 15) is 14.0 Å². The SMILES string of the molecule is CCOC(=O)CCN(CC1CCCN1CC)C(=O)Cc1c(C)[nH]c2ccc(F)cc12. The van der Waals surface area contributed by atoms with Gasteiger partial charge in [-0.05, 0) is 63.5 Å². The molecule has 1 amide bonds. The molecule has 1 aliphatic rings. The smallest absolute Gasteiger partial charge is 0.307 e. The Morgan fingerprint density at radius 3 is 2.87 bits per heavy atom. The number of aromatic nitrogens is 1. The molecule has 30 heavy (non-hydrogen) atoms. The van der Waals surface area contributed by atoms with E-state index in [1.807, 2.05) is 6.92 Å². The summed E-state index contributed by atoms with van der Waals surface area (Å²) in [5.41, 5.74) is 2.50. The topological polar surface area (TPSA) is 65.6 Å². The Bertz CT molecular complexity index is 895. The van der Waals surface area contributed by atoms with Crippen LogP contribution in [-0.2, 0) is 20.7 Å². The summed E-state index contributed by atoms with van der Waals surface area (Å²) >= 11 is 0. The number of aryl methyl sites for hydroxylation is 1. The van der Waals surface area contributed by atoms with E-state index in [-0.39, 0.29) is 30.5 Å². The maximum absolute atomic E-state index is 13.8. The molecule has 0 bridgehead atoms. The van der Waals surface area contributed by atoms with Crippen molar-refractivity contribution in [3.05, 3.63) is 35.3 Å². The first kappa shape index (κ1) is 22.3. The number of hydrogen-bond donors (Lipinski definition) is 1. The van der Waals surface area contributed by atoms with Crippen LogP contribution in [0.25, 0.3) is 10.9 Å². The number of carbonyl (C=O) groups excluding carboxylic acids is 2. The van der Waals surface area contributed by atoms with Crippen molar-refractivity contribution in [3.8, 4) is 0 Å². The molecule has 2 aromatic rings. The number of carbonyl (C=O) groups is 2. The van der Waals surface area contributed by atoms with Crippen molar-refractivity contribution in [2.45, 2.75) is 52.5 Å². The number of nitrogens with zero attached hydrogens (tertiary/aromatic N) is 2. The van der Waals surface area contributed by atoms with Gasteiger partial charge in [-0.2, -0.15) is 0 Å². The van der Waals surface area contributed by atoms with Crippen molar-refractivity contribution in [3.63, 3.8) is 0 Å². The number of likely N-dealkylation sites (tertiary alicyclic amines) is 1. The Labute approximate surface area is 177 Å². The Balaban J connectivity index is 1.78. The Morgan fingerprint density at radius 2 is 2.13 bits per heavy atom. The largest absolute Gasteiger partial charge is 0.466 e. The van der Waals surface area contributed by atoms with Crippen LogP contribution in [0.3, 0.4) is 0 Å². The maximum atomic E-state index is 13.8. The van der Waals surface area contributed by atoms with E-state index in [0.717, 1.165) is 48.1 Å². The summed E-state index contributed by atoms with van der Waals surface area (Å²) in [6.07, 6.45) is 2.53. The molecule has 3 rings (SSSR count). The lowest BCUT2D eigenvalue weighted by Crippen LogP contribution is -2.44. The van der Waals surface area contributed by atoms with Crippen LogP contribution in [0, 0.1) is 12.7 Å². The predicted octanol–water partition coefficient (Wildman–Crippen LogP) is 3.42. The molecule has 164 valence electrons. The summed E-state index contributed by atoms with van der Waals surface area (Å²) in [5.74, 6) is -0.658. The molecule has 1 unspecified atom stereocenters. The lowest BCUT2D eigenvalue weighted by molar-refractivity contribution is -0.144. The van der Waals surface area contributed by atoms with Crippen molar-refractivity contribution in [1.82, 2.24) is 14.8 Å². The number of H-pyrrole nitrogens is 1. The van der Waals surface area contributed by atoms with E-state index in [0.29, 0.717) is 25.7 Å². The summed E-state index contributed by atoms with van der Waals surface area (Å²) in [5, 5.41) is 0.738. The van der Waals surface area contributed by atoms with Crippen LogP contribution < -0.4 is 0 Å². The molecule has 7 heteroatoms. The quantitative estimate of drug-likeness (QED) is 0.635. The van der Waals surface area contributed by atoms with Crippen molar-refractivity contribution in [2.24, 2.45) is 0 Å². The van der Waals surface area contributed by atoms with Gasteiger partial charge in [0.2, 0.25) is 5.91 Å². The first-order valence-electron chi connectivity index (χ1n) is 10.9. The summed E-state index contributed by atoms with van der Waals surface area (Å²) in [6, 6.07) is 4.89. The third-order valence-corrected chi connectivity index (χ3v) is 5.99. The van der Waals surface area contributed by atoms with Gasteiger partial charge in [0.15, 0.2) is 0 Å². The van der Waals surface area contributed by atoms with Gasteiger partial charge in [-0.1, -0.05) is 6.92 Å². The van der Waals surface area contributed by atoms with Crippen LogP contribution in [0.5, 0.6) is 0 Å². The highest BCUT2D eigenvalue weighted by Crippen LogP contribution is 2.25. The highest BCUT2D eigenvalue weighted by Gasteiger charge is 2.28. The second-order valence-electron chi connectivity index (χ2n) is 7.91. The monoisotopic (exact) mass is 417 g/mol. The number of benzene rings is 1. The molecule has 0 radical (unpaired) electrons. The third-order valence-electron chi connectivity index (χ3n) is 5.99. The van der Waals surface area contributed by atoms with Gasteiger partial charge in [-0.3, -0.25) is 14.5 Å². The van der Waals surface area contributed by atoms with E-state index in [2.05, 4.69) is 16.8 Å². The molecular weight excluding hydrogens is 385 g/mol. The zero-order valence-electron chi connectivity index (χ0n) is 18.2. The molecule has 1 saturated heterocycles. The highest BCUT2D eigenvalue weighted by atomic mass is 19.1. The van der Waals surface area contributed by atoms with Crippen LogP contribution in [-0.4, -0.2) is 65.5 Å². The average molecular weight is 418 g/mol. The minimum Gasteiger partial charge on any atom is -0.466 e. The molecule has 0 saturated carbocycles. The number of likely N-dealkylation sites (N-methyl/N-ethyl adjacent to an activating group) is 1. The van der Waals surface area contributed by atoms with Gasteiger partial charge in [0.05, 0.1) is 19.4 Å². The zero-order chi connectivity index (χ0) is 21.7. The second-order valence-corrected chi connectivity index (χ2v) is 7.91.